The molecule has 0 saturated heterocycles. The second-order valence-electron chi connectivity index (χ2n) is 8.84. The second-order valence-corrected chi connectivity index (χ2v) is 8.84. The van der Waals surface area contributed by atoms with Crippen LogP contribution in [0, 0.1) is 5.92 Å². The van der Waals surface area contributed by atoms with Crippen LogP contribution in [0.5, 0.6) is 11.5 Å². The van der Waals surface area contributed by atoms with Crippen LogP contribution in [0.4, 0.5) is 0 Å². The first-order chi connectivity index (χ1) is 14.2. The Morgan fingerprint density at radius 3 is 2.59 bits per heavy atom. The molecule has 2 atom stereocenters. The molecule has 0 radical (unpaired) electrons. The fourth-order valence-corrected chi connectivity index (χ4v) is 4.43. The molecule has 1 N–H and O–H groups in total. The van der Waals surface area contributed by atoms with E-state index in [9.17, 15) is 0 Å². The van der Waals surface area contributed by atoms with Gasteiger partial charge in [0, 0.05) is 6.04 Å². The van der Waals surface area contributed by atoms with Crippen molar-refractivity contribution < 1.29 is 9.47 Å². The maximum atomic E-state index is 6.34. The maximum Gasteiger partial charge on any atom is 0.124 e. The Morgan fingerprint density at radius 1 is 1.03 bits per heavy atom. The maximum absolute atomic E-state index is 6.34. The molecule has 0 bridgehead atoms. The van der Waals surface area contributed by atoms with Gasteiger partial charge in [0.05, 0.1) is 6.10 Å². The second kappa shape index (κ2) is 9.67. The van der Waals surface area contributed by atoms with Crippen LogP contribution >= 0.6 is 0 Å². The highest BCUT2D eigenvalue weighted by Crippen LogP contribution is 2.37. The van der Waals surface area contributed by atoms with E-state index in [1.54, 1.807) is 0 Å². The van der Waals surface area contributed by atoms with Crippen molar-refractivity contribution in [2.75, 3.05) is 6.54 Å². The van der Waals surface area contributed by atoms with Crippen molar-refractivity contribution in [2.24, 2.45) is 5.92 Å². The third-order valence-electron chi connectivity index (χ3n) is 6.58. The van der Waals surface area contributed by atoms with Crippen LogP contribution in [0.15, 0.2) is 48.5 Å². The first-order valence-corrected chi connectivity index (χ1v) is 11.5. The van der Waals surface area contributed by atoms with Gasteiger partial charge in [0.2, 0.25) is 0 Å². The number of ether oxygens (including phenoxy) is 2. The fraction of sp³-hybridized carbons (Fsp3) is 0.538. The van der Waals surface area contributed by atoms with E-state index in [0.717, 1.165) is 49.6 Å². The standard InChI is InChI=1S/C26H35NO2/c1-3-19(2)18-27-22-10-12-23(13-11-22)28-24-14-16-26-21(17-24)9-15-25(29-26)20-7-5-4-6-8-20/h4-8,14,16-17,19,22-23,25,27H,3,9-13,15,18H2,1-2H3. The Labute approximate surface area is 175 Å². The summed E-state index contributed by atoms with van der Waals surface area (Å²) in [5, 5.41) is 3.74. The highest BCUT2D eigenvalue weighted by molar-refractivity contribution is 5.42. The molecule has 2 unspecified atom stereocenters. The van der Waals surface area contributed by atoms with Crippen LogP contribution in [0.1, 0.15) is 69.6 Å². The lowest BCUT2D eigenvalue weighted by molar-refractivity contribution is 0.137. The van der Waals surface area contributed by atoms with Gasteiger partial charge in [-0.25, -0.2) is 0 Å². The van der Waals surface area contributed by atoms with E-state index in [4.69, 9.17) is 9.47 Å². The monoisotopic (exact) mass is 393 g/mol. The predicted octanol–water partition coefficient (Wildman–Crippen LogP) is 6.08. The molecule has 1 aliphatic heterocycles. The van der Waals surface area contributed by atoms with Crippen molar-refractivity contribution in [1.29, 1.82) is 0 Å². The average Bonchev–Trinajstić information content (AvgIpc) is 2.78. The molecule has 156 valence electrons. The van der Waals surface area contributed by atoms with E-state index in [0.29, 0.717) is 12.1 Å². The molecule has 2 aliphatic rings. The number of hydrogen-bond acceptors (Lipinski definition) is 3. The predicted molar refractivity (Wildman–Crippen MR) is 119 cm³/mol. The van der Waals surface area contributed by atoms with Crippen molar-refractivity contribution >= 4 is 0 Å². The van der Waals surface area contributed by atoms with Crippen LogP contribution in [0.25, 0.3) is 0 Å². The summed E-state index contributed by atoms with van der Waals surface area (Å²) in [5.41, 5.74) is 2.54. The Hall–Kier alpha value is -2.00. The SMILES string of the molecule is CCC(C)CNC1CCC(Oc2ccc3c(c2)CCC(c2ccccc2)O3)CC1. The topological polar surface area (TPSA) is 30.5 Å². The molecule has 3 heteroatoms. The Kier molecular flexibility index (Phi) is 6.76. The van der Waals surface area contributed by atoms with Gasteiger partial charge in [0.25, 0.3) is 0 Å². The molecule has 0 amide bonds. The van der Waals surface area contributed by atoms with Gasteiger partial charge in [-0.2, -0.15) is 0 Å². The van der Waals surface area contributed by atoms with Crippen LogP contribution in [0.2, 0.25) is 0 Å². The van der Waals surface area contributed by atoms with E-state index in [-0.39, 0.29) is 6.10 Å². The molecule has 2 aromatic rings. The van der Waals surface area contributed by atoms with Gasteiger partial charge in [0.15, 0.2) is 0 Å². The Balaban J connectivity index is 1.28. The van der Waals surface area contributed by atoms with Gasteiger partial charge in [-0.1, -0.05) is 50.6 Å². The quantitative estimate of drug-likeness (QED) is 0.618. The molecule has 29 heavy (non-hydrogen) atoms. The summed E-state index contributed by atoms with van der Waals surface area (Å²) in [6, 6.07) is 17.6. The largest absolute Gasteiger partial charge is 0.490 e. The molecule has 1 saturated carbocycles. The third kappa shape index (κ3) is 5.33. The number of fused-ring (bicyclic) bond motifs is 1. The lowest BCUT2D eigenvalue weighted by Gasteiger charge is -2.31. The van der Waals surface area contributed by atoms with Gasteiger partial charge in [-0.05, 0) is 80.3 Å². The van der Waals surface area contributed by atoms with E-state index in [1.807, 2.05) is 0 Å². The third-order valence-corrected chi connectivity index (χ3v) is 6.58. The summed E-state index contributed by atoms with van der Waals surface area (Å²) in [5.74, 6) is 2.78. The fourth-order valence-electron chi connectivity index (χ4n) is 4.43. The van der Waals surface area contributed by atoms with E-state index in [2.05, 4.69) is 67.7 Å². The summed E-state index contributed by atoms with van der Waals surface area (Å²) < 4.78 is 12.6. The molecule has 1 heterocycles. The van der Waals surface area contributed by atoms with E-state index in [1.165, 1.54) is 30.4 Å². The van der Waals surface area contributed by atoms with Crippen molar-refractivity contribution in [2.45, 2.75) is 77.0 Å². The summed E-state index contributed by atoms with van der Waals surface area (Å²) in [6.45, 7) is 5.73. The van der Waals surface area contributed by atoms with E-state index < -0.39 is 0 Å². The van der Waals surface area contributed by atoms with Crippen LogP contribution in [-0.2, 0) is 6.42 Å². The van der Waals surface area contributed by atoms with Crippen molar-refractivity contribution in [3.8, 4) is 11.5 Å². The molecular weight excluding hydrogens is 358 g/mol. The van der Waals surface area contributed by atoms with Crippen molar-refractivity contribution in [1.82, 2.24) is 5.32 Å². The molecule has 0 spiro atoms. The molecule has 4 rings (SSSR count). The van der Waals surface area contributed by atoms with Gasteiger partial charge < -0.3 is 14.8 Å². The number of rotatable bonds is 7. The van der Waals surface area contributed by atoms with E-state index >= 15 is 0 Å². The lowest BCUT2D eigenvalue weighted by atomic mass is 9.92. The summed E-state index contributed by atoms with van der Waals surface area (Å²) in [6.07, 6.45) is 8.53. The van der Waals surface area contributed by atoms with Crippen LogP contribution in [0.3, 0.4) is 0 Å². The zero-order valence-corrected chi connectivity index (χ0v) is 17.9. The number of hydrogen-bond donors (Lipinski definition) is 1. The number of aryl methyl sites for hydroxylation is 1. The molecule has 3 nitrogen and oxygen atoms in total. The minimum Gasteiger partial charge on any atom is -0.490 e. The van der Waals surface area contributed by atoms with Crippen LogP contribution < -0.4 is 14.8 Å². The first kappa shape index (κ1) is 20.3. The zero-order chi connectivity index (χ0) is 20.1. The summed E-state index contributed by atoms with van der Waals surface area (Å²) in [7, 11) is 0. The zero-order valence-electron chi connectivity index (χ0n) is 17.9. The molecular formula is C26H35NO2. The molecule has 1 fully saturated rings. The smallest absolute Gasteiger partial charge is 0.124 e. The minimum atomic E-state index is 0.161. The summed E-state index contributed by atoms with van der Waals surface area (Å²) >= 11 is 0. The average molecular weight is 394 g/mol. The summed E-state index contributed by atoms with van der Waals surface area (Å²) in [4.78, 5) is 0. The number of nitrogens with one attached hydrogen (secondary N) is 1. The number of benzene rings is 2. The Bertz CT molecular complexity index is 768. The normalized spacial score (nSPS) is 25.0. The van der Waals surface area contributed by atoms with Crippen LogP contribution in [-0.4, -0.2) is 18.7 Å². The van der Waals surface area contributed by atoms with Gasteiger partial charge >= 0.3 is 0 Å². The van der Waals surface area contributed by atoms with Gasteiger partial charge in [-0.3, -0.25) is 0 Å². The molecule has 2 aromatic carbocycles. The van der Waals surface area contributed by atoms with Gasteiger partial charge in [0.1, 0.15) is 17.6 Å². The Morgan fingerprint density at radius 2 is 1.83 bits per heavy atom. The lowest BCUT2D eigenvalue weighted by Crippen LogP contribution is -2.38. The minimum absolute atomic E-state index is 0.161. The molecule has 0 aromatic heterocycles. The highest BCUT2D eigenvalue weighted by Gasteiger charge is 2.24. The molecule has 1 aliphatic carbocycles. The van der Waals surface area contributed by atoms with Crippen molar-refractivity contribution in [3.05, 3.63) is 59.7 Å². The van der Waals surface area contributed by atoms with Crippen molar-refractivity contribution in [3.63, 3.8) is 0 Å². The van der Waals surface area contributed by atoms with Gasteiger partial charge in [-0.15, -0.1) is 0 Å². The highest BCUT2D eigenvalue weighted by atomic mass is 16.5. The first-order valence-electron chi connectivity index (χ1n) is 11.5.